The maximum Gasteiger partial charge on any atom is 0.269 e. The standard InChI is InChI=1S/C11H18N4O2/c1-4-12-10(16)7-15-11(17)5-9(6-13-15)14-8(2)3/h5-6,8,14H,4,7H2,1-3H3,(H,12,16). The summed E-state index contributed by atoms with van der Waals surface area (Å²) in [7, 11) is 0. The molecule has 0 fully saturated rings. The van der Waals surface area contributed by atoms with Gasteiger partial charge in [-0.15, -0.1) is 0 Å². The van der Waals surface area contributed by atoms with Crippen LogP contribution in [0.1, 0.15) is 20.8 Å². The van der Waals surface area contributed by atoms with E-state index in [9.17, 15) is 9.59 Å². The van der Waals surface area contributed by atoms with E-state index in [2.05, 4.69) is 15.7 Å². The number of rotatable bonds is 5. The van der Waals surface area contributed by atoms with Crippen molar-refractivity contribution in [3.05, 3.63) is 22.6 Å². The van der Waals surface area contributed by atoms with E-state index in [0.717, 1.165) is 4.68 Å². The minimum Gasteiger partial charge on any atom is -0.381 e. The normalized spacial score (nSPS) is 10.4. The van der Waals surface area contributed by atoms with Crippen LogP contribution >= 0.6 is 0 Å². The molecular weight excluding hydrogens is 220 g/mol. The second-order valence-corrected chi connectivity index (χ2v) is 3.99. The lowest BCUT2D eigenvalue weighted by Crippen LogP contribution is -2.33. The van der Waals surface area contributed by atoms with E-state index in [1.807, 2.05) is 20.8 Å². The predicted molar refractivity (Wildman–Crippen MR) is 65.9 cm³/mol. The lowest BCUT2D eigenvalue weighted by atomic mass is 10.3. The fourth-order valence-electron chi connectivity index (χ4n) is 1.35. The summed E-state index contributed by atoms with van der Waals surface area (Å²) in [6.45, 7) is 6.26. The molecule has 0 aromatic carbocycles. The highest BCUT2D eigenvalue weighted by molar-refractivity contribution is 5.75. The maximum atomic E-state index is 11.6. The number of nitrogens with one attached hydrogen (secondary N) is 2. The molecule has 0 aliphatic rings. The molecule has 0 radical (unpaired) electrons. The van der Waals surface area contributed by atoms with Gasteiger partial charge in [0, 0.05) is 18.7 Å². The van der Waals surface area contributed by atoms with Crippen LogP contribution in [0.25, 0.3) is 0 Å². The Hall–Kier alpha value is -1.85. The molecule has 0 spiro atoms. The number of anilines is 1. The molecule has 94 valence electrons. The Morgan fingerprint density at radius 2 is 2.24 bits per heavy atom. The number of carbonyl (C=O) groups is 1. The van der Waals surface area contributed by atoms with E-state index in [1.54, 1.807) is 6.20 Å². The van der Waals surface area contributed by atoms with Crippen molar-refractivity contribution in [2.24, 2.45) is 0 Å². The van der Waals surface area contributed by atoms with Crippen molar-refractivity contribution in [1.29, 1.82) is 0 Å². The molecule has 6 nitrogen and oxygen atoms in total. The topological polar surface area (TPSA) is 76.0 Å². The first-order valence-corrected chi connectivity index (χ1v) is 5.63. The smallest absolute Gasteiger partial charge is 0.269 e. The molecule has 0 aliphatic heterocycles. The molecule has 0 unspecified atom stereocenters. The number of hydrogen-bond acceptors (Lipinski definition) is 4. The molecule has 1 amide bonds. The molecule has 0 saturated heterocycles. The summed E-state index contributed by atoms with van der Waals surface area (Å²) in [5, 5.41) is 9.62. The van der Waals surface area contributed by atoms with Gasteiger partial charge in [0.1, 0.15) is 6.54 Å². The van der Waals surface area contributed by atoms with E-state index < -0.39 is 0 Å². The average molecular weight is 238 g/mol. The number of nitrogens with zero attached hydrogens (tertiary/aromatic N) is 2. The third-order valence-corrected chi connectivity index (χ3v) is 1.99. The van der Waals surface area contributed by atoms with Crippen molar-refractivity contribution in [1.82, 2.24) is 15.1 Å². The largest absolute Gasteiger partial charge is 0.381 e. The molecule has 1 heterocycles. The zero-order valence-corrected chi connectivity index (χ0v) is 10.4. The third-order valence-electron chi connectivity index (χ3n) is 1.99. The van der Waals surface area contributed by atoms with Crippen LogP contribution in [-0.2, 0) is 11.3 Å². The van der Waals surface area contributed by atoms with Crippen LogP contribution in [0.15, 0.2) is 17.1 Å². The first-order chi connectivity index (χ1) is 8.02. The molecule has 6 heteroatoms. The summed E-state index contributed by atoms with van der Waals surface area (Å²) < 4.78 is 1.14. The SMILES string of the molecule is CCNC(=O)Cn1ncc(NC(C)C)cc1=O. The second kappa shape index (κ2) is 6.03. The summed E-state index contributed by atoms with van der Waals surface area (Å²) in [4.78, 5) is 22.9. The van der Waals surface area contributed by atoms with Crippen LogP contribution in [-0.4, -0.2) is 28.3 Å². The fraction of sp³-hybridized carbons (Fsp3) is 0.545. The van der Waals surface area contributed by atoms with Gasteiger partial charge in [-0.1, -0.05) is 0 Å². The second-order valence-electron chi connectivity index (χ2n) is 3.99. The van der Waals surface area contributed by atoms with Gasteiger partial charge in [-0.05, 0) is 20.8 Å². The van der Waals surface area contributed by atoms with Crippen molar-refractivity contribution in [3.8, 4) is 0 Å². The van der Waals surface area contributed by atoms with Crippen LogP contribution in [0.4, 0.5) is 5.69 Å². The van der Waals surface area contributed by atoms with E-state index in [-0.39, 0.29) is 24.1 Å². The van der Waals surface area contributed by atoms with Gasteiger partial charge >= 0.3 is 0 Å². The maximum absolute atomic E-state index is 11.6. The van der Waals surface area contributed by atoms with Gasteiger partial charge in [0.25, 0.3) is 5.56 Å². The Kier molecular flexibility index (Phi) is 4.68. The molecule has 0 aliphatic carbocycles. The fourth-order valence-corrected chi connectivity index (χ4v) is 1.35. The minimum atomic E-state index is -0.290. The lowest BCUT2D eigenvalue weighted by molar-refractivity contribution is -0.121. The van der Waals surface area contributed by atoms with Gasteiger partial charge in [-0.25, -0.2) is 4.68 Å². The molecule has 1 rings (SSSR count). The van der Waals surface area contributed by atoms with Gasteiger partial charge in [0.2, 0.25) is 5.91 Å². The third kappa shape index (κ3) is 4.26. The van der Waals surface area contributed by atoms with Crippen LogP contribution in [0.2, 0.25) is 0 Å². The van der Waals surface area contributed by atoms with Gasteiger partial charge in [-0.3, -0.25) is 9.59 Å². The molecule has 1 aromatic heterocycles. The van der Waals surface area contributed by atoms with E-state index in [1.165, 1.54) is 6.07 Å². The van der Waals surface area contributed by atoms with Crippen LogP contribution in [0.3, 0.4) is 0 Å². The summed E-state index contributed by atoms with van der Waals surface area (Å²) in [5.74, 6) is -0.216. The number of amides is 1. The zero-order valence-electron chi connectivity index (χ0n) is 10.4. The van der Waals surface area contributed by atoms with Crippen molar-refractivity contribution in [3.63, 3.8) is 0 Å². The Labute approximate surface area is 100 Å². The van der Waals surface area contributed by atoms with Gasteiger partial charge in [0.15, 0.2) is 0 Å². The van der Waals surface area contributed by atoms with Crippen LogP contribution in [0, 0.1) is 0 Å². The van der Waals surface area contributed by atoms with Crippen LogP contribution < -0.4 is 16.2 Å². The molecular formula is C11H18N4O2. The monoisotopic (exact) mass is 238 g/mol. The van der Waals surface area contributed by atoms with Crippen molar-refractivity contribution in [2.45, 2.75) is 33.4 Å². The van der Waals surface area contributed by atoms with Crippen molar-refractivity contribution in [2.75, 3.05) is 11.9 Å². The van der Waals surface area contributed by atoms with Crippen LogP contribution in [0.5, 0.6) is 0 Å². The Morgan fingerprint density at radius 1 is 1.53 bits per heavy atom. The first-order valence-electron chi connectivity index (χ1n) is 5.63. The average Bonchev–Trinajstić information content (AvgIpc) is 2.21. The summed E-state index contributed by atoms with van der Waals surface area (Å²) >= 11 is 0. The number of carbonyl (C=O) groups excluding carboxylic acids is 1. The van der Waals surface area contributed by atoms with Crippen molar-refractivity contribution < 1.29 is 4.79 Å². The Bertz CT molecular complexity index is 439. The quantitative estimate of drug-likeness (QED) is 0.768. The number of likely N-dealkylation sites (N-methyl/N-ethyl adjacent to an activating group) is 1. The zero-order chi connectivity index (χ0) is 12.8. The van der Waals surface area contributed by atoms with E-state index >= 15 is 0 Å². The lowest BCUT2D eigenvalue weighted by Gasteiger charge is -2.10. The van der Waals surface area contributed by atoms with E-state index in [4.69, 9.17) is 0 Å². The van der Waals surface area contributed by atoms with Gasteiger partial charge < -0.3 is 10.6 Å². The van der Waals surface area contributed by atoms with Gasteiger partial charge in [-0.2, -0.15) is 5.10 Å². The Balaban J connectivity index is 2.76. The molecule has 0 atom stereocenters. The number of hydrogen-bond donors (Lipinski definition) is 2. The molecule has 2 N–H and O–H groups in total. The van der Waals surface area contributed by atoms with Crippen molar-refractivity contribution >= 4 is 11.6 Å². The highest BCUT2D eigenvalue weighted by atomic mass is 16.2. The molecule has 1 aromatic rings. The van der Waals surface area contributed by atoms with Gasteiger partial charge in [0.05, 0.1) is 11.9 Å². The van der Waals surface area contributed by atoms with E-state index in [0.29, 0.717) is 12.2 Å². The summed E-state index contributed by atoms with van der Waals surface area (Å²) in [5.41, 5.74) is 0.374. The molecule has 17 heavy (non-hydrogen) atoms. The Morgan fingerprint density at radius 3 is 2.76 bits per heavy atom. The minimum absolute atomic E-state index is 0.0470. The predicted octanol–water partition coefficient (Wildman–Crippen LogP) is 0.200. The summed E-state index contributed by atoms with van der Waals surface area (Å²) in [6, 6.07) is 1.67. The molecule has 0 saturated carbocycles. The first kappa shape index (κ1) is 13.2. The number of aromatic nitrogens is 2. The summed E-state index contributed by atoms with van der Waals surface area (Å²) in [6.07, 6.45) is 1.54. The molecule has 0 bridgehead atoms. The highest BCUT2D eigenvalue weighted by Crippen LogP contribution is 2.01. The highest BCUT2D eigenvalue weighted by Gasteiger charge is 2.05.